The van der Waals surface area contributed by atoms with Crippen molar-refractivity contribution in [3.8, 4) is 0 Å². The van der Waals surface area contributed by atoms with Crippen molar-refractivity contribution in [2.45, 2.75) is 0 Å². The maximum absolute atomic E-state index is 4.04. The average Bonchev–Trinajstić information content (AvgIpc) is 2.33. The van der Waals surface area contributed by atoms with E-state index in [9.17, 15) is 0 Å². The normalized spacial score (nSPS) is 9.20. The lowest BCUT2D eigenvalue weighted by molar-refractivity contribution is 0.939. The smallest absolute Gasteiger partial charge is 0.154 e. The molecule has 0 N–H and O–H groups in total. The average molecular weight is 247 g/mol. The summed E-state index contributed by atoms with van der Waals surface area (Å²) < 4.78 is 1.72. The van der Waals surface area contributed by atoms with Gasteiger partial charge in [-0.3, -0.25) is 0 Å². The molecule has 10 heavy (non-hydrogen) atoms. The summed E-state index contributed by atoms with van der Waals surface area (Å²) in [6.07, 6.45) is 5.34. The fraction of sp³-hybridized carbons (Fsp3) is 0. The van der Waals surface area contributed by atoms with Gasteiger partial charge in [-0.15, -0.1) is 24.0 Å². The van der Waals surface area contributed by atoms with E-state index in [4.69, 9.17) is 0 Å². The van der Waals surface area contributed by atoms with E-state index >= 15 is 0 Å². The van der Waals surface area contributed by atoms with E-state index < -0.39 is 0 Å². The first-order valence-corrected chi connectivity index (χ1v) is 2.71. The Morgan fingerprint density at radius 3 is 3.00 bits per heavy atom. The molecule has 3 nitrogen and oxygen atoms in total. The molecule has 52 valence electrons. The molecule has 2 aromatic heterocycles. The lowest BCUT2D eigenvalue weighted by atomic mass is 10.6. The summed E-state index contributed by atoms with van der Waals surface area (Å²) in [6, 6.07) is 3.71. The zero-order valence-corrected chi connectivity index (χ0v) is 7.47. The van der Waals surface area contributed by atoms with Crippen LogP contribution in [0.5, 0.6) is 0 Å². The Hall–Kier alpha value is -0.650. The SMILES string of the molecule is I.c1cnc2ccnn2c1. The van der Waals surface area contributed by atoms with Gasteiger partial charge in [-0.25, -0.2) is 9.50 Å². The van der Waals surface area contributed by atoms with E-state index in [-0.39, 0.29) is 24.0 Å². The predicted octanol–water partition coefficient (Wildman–Crippen LogP) is 1.35. The first-order chi connectivity index (χ1) is 4.47. The molecule has 2 heterocycles. The van der Waals surface area contributed by atoms with Gasteiger partial charge in [0.15, 0.2) is 5.65 Å². The summed E-state index contributed by atoms with van der Waals surface area (Å²) in [5, 5.41) is 3.97. The Balaban J connectivity index is 0.000000500. The molecule has 0 saturated heterocycles. The number of fused-ring (bicyclic) bond motifs is 1. The van der Waals surface area contributed by atoms with E-state index in [0.717, 1.165) is 5.65 Å². The maximum atomic E-state index is 4.04. The Bertz CT molecular complexity index is 287. The van der Waals surface area contributed by atoms with Crippen LogP contribution >= 0.6 is 24.0 Å². The van der Waals surface area contributed by atoms with Gasteiger partial charge >= 0.3 is 0 Å². The van der Waals surface area contributed by atoms with Crippen molar-refractivity contribution in [2.75, 3.05) is 0 Å². The number of aromatic nitrogens is 3. The summed E-state index contributed by atoms with van der Waals surface area (Å²) in [6.45, 7) is 0. The zero-order chi connectivity index (χ0) is 6.10. The highest BCUT2D eigenvalue weighted by atomic mass is 127. The van der Waals surface area contributed by atoms with Gasteiger partial charge in [-0.2, -0.15) is 5.10 Å². The highest BCUT2D eigenvalue weighted by Crippen LogP contribution is 1.93. The summed E-state index contributed by atoms with van der Waals surface area (Å²) in [5.41, 5.74) is 0.887. The molecule has 0 radical (unpaired) electrons. The van der Waals surface area contributed by atoms with Crippen molar-refractivity contribution < 1.29 is 0 Å². The Morgan fingerprint density at radius 1 is 1.30 bits per heavy atom. The van der Waals surface area contributed by atoms with Crippen LogP contribution in [-0.2, 0) is 0 Å². The molecule has 0 aromatic carbocycles. The molecule has 0 saturated carbocycles. The van der Waals surface area contributed by atoms with Crippen molar-refractivity contribution in [2.24, 2.45) is 0 Å². The Kier molecular flexibility index (Phi) is 2.21. The summed E-state index contributed by atoms with van der Waals surface area (Å²) in [7, 11) is 0. The van der Waals surface area contributed by atoms with Gasteiger partial charge in [0.1, 0.15) is 0 Å². The lowest BCUT2D eigenvalue weighted by Gasteiger charge is -1.85. The molecule has 0 fully saturated rings. The molecule has 0 bridgehead atoms. The highest BCUT2D eigenvalue weighted by Gasteiger charge is 1.86. The van der Waals surface area contributed by atoms with Crippen LogP contribution in [0.25, 0.3) is 5.65 Å². The Morgan fingerprint density at radius 2 is 2.20 bits per heavy atom. The summed E-state index contributed by atoms with van der Waals surface area (Å²) in [5.74, 6) is 0. The standard InChI is InChI=1S/C6H5N3.HI/c1-3-7-6-2-4-8-9(6)5-1;/h1-5H;1H. The third kappa shape index (κ3) is 1.11. The number of hydrogen-bond donors (Lipinski definition) is 0. The molecule has 0 atom stereocenters. The molecule has 0 aliphatic carbocycles. The molecule has 2 rings (SSSR count). The van der Waals surface area contributed by atoms with Gasteiger partial charge in [0.05, 0.1) is 6.20 Å². The van der Waals surface area contributed by atoms with Crippen LogP contribution in [0.3, 0.4) is 0 Å². The number of halogens is 1. The summed E-state index contributed by atoms with van der Waals surface area (Å²) >= 11 is 0. The fourth-order valence-electron chi connectivity index (χ4n) is 0.764. The largest absolute Gasteiger partial charge is 0.237 e. The topological polar surface area (TPSA) is 30.2 Å². The van der Waals surface area contributed by atoms with E-state index in [1.54, 1.807) is 16.9 Å². The van der Waals surface area contributed by atoms with Crippen molar-refractivity contribution in [1.82, 2.24) is 14.6 Å². The minimum atomic E-state index is 0. The summed E-state index contributed by atoms with van der Waals surface area (Å²) in [4.78, 5) is 4.04. The molecule has 0 aliphatic rings. The van der Waals surface area contributed by atoms with Gasteiger partial charge in [0, 0.05) is 18.5 Å². The van der Waals surface area contributed by atoms with Crippen LogP contribution in [0, 0.1) is 0 Å². The van der Waals surface area contributed by atoms with Crippen molar-refractivity contribution in [1.29, 1.82) is 0 Å². The first-order valence-electron chi connectivity index (χ1n) is 2.71. The van der Waals surface area contributed by atoms with Crippen molar-refractivity contribution in [3.05, 3.63) is 30.7 Å². The highest BCUT2D eigenvalue weighted by molar-refractivity contribution is 14.0. The predicted molar refractivity (Wildman–Crippen MR) is 48.4 cm³/mol. The molecule has 0 spiro atoms. The van der Waals surface area contributed by atoms with E-state index in [2.05, 4.69) is 10.1 Å². The molecule has 0 aliphatic heterocycles. The fourth-order valence-corrected chi connectivity index (χ4v) is 0.764. The van der Waals surface area contributed by atoms with Crippen LogP contribution in [0.4, 0.5) is 0 Å². The molecule has 0 unspecified atom stereocenters. The quantitative estimate of drug-likeness (QED) is 0.658. The van der Waals surface area contributed by atoms with Gasteiger partial charge in [-0.1, -0.05) is 0 Å². The first kappa shape index (κ1) is 7.46. The van der Waals surface area contributed by atoms with E-state index in [1.807, 2.05) is 18.3 Å². The van der Waals surface area contributed by atoms with Gasteiger partial charge in [-0.05, 0) is 6.07 Å². The second kappa shape index (κ2) is 2.96. The van der Waals surface area contributed by atoms with E-state index in [1.165, 1.54) is 0 Å². The third-order valence-corrected chi connectivity index (χ3v) is 1.17. The maximum Gasteiger partial charge on any atom is 0.154 e. The van der Waals surface area contributed by atoms with Crippen LogP contribution in [0.15, 0.2) is 30.7 Å². The van der Waals surface area contributed by atoms with Crippen LogP contribution in [0.1, 0.15) is 0 Å². The molecule has 2 aromatic rings. The zero-order valence-electron chi connectivity index (χ0n) is 5.14. The van der Waals surface area contributed by atoms with Crippen LogP contribution in [-0.4, -0.2) is 14.6 Å². The minimum Gasteiger partial charge on any atom is -0.237 e. The number of nitrogens with zero attached hydrogens (tertiary/aromatic N) is 3. The third-order valence-electron chi connectivity index (χ3n) is 1.17. The lowest BCUT2D eigenvalue weighted by Crippen LogP contribution is -1.85. The van der Waals surface area contributed by atoms with Gasteiger partial charge in [0.25, 0.3) is 0 Å². The molecular weight excluding hydrogens is 241 g/mol. The molecule has 0 amide bonds. The van der Waals surface area contributed by atoms with Crippen LogP contribution < -0.4 is 0 Å². The van der Waals surface area contributed by atoms with Gasteiger partial charge in [0.2, 0.25) is 0 Å². The second-order valence-electron chi connectivity index (χ2n) is 1.75. The molecule has 4 heteroatoms. The minimum absolute atomic E-state index is 0. The number of rotatable bonds is 0. The van der Waals surface area contributed by atoms with Crippen molar-refractivity contribution >= 4 is 29.6 Å². The Labute approximate surface area is 75.1 Å². The van der Waals surface area contributed by atoms with Gasteiger partial charge < -0.3 is 0 Å². The second-order valence-corrected chi connectivity index (χ2v) is 1.75. The molecular formula is C6H6IN3. The number of hydrogen-bond acceptors (Lipinski definition) is 2. The van der Waals surface area contributed by atoms with E-state index in [0.29, 0.717) is 0 Å². The van der Waals surface area contributed by atoms with Crippen molar-refractivity contribution in [3.63, 3.8) is 0 Å². The monoisotopic (exact) mass is 247 g/mol. The van der Waals surface area contributed by atoms with Crippen LogP contribution in [0.2, 0.25) is 0 Å².